The van der Waals surface area contributed by atoms with E-state index in [1.807, 2.05) is 35.5 Å². The molecule has 2 aromatic rings. The monoisotopic (exact) mass is 307 g/mol. The number of nitrogens with one attached hydrogen (secondary N) is 1. The van der Waals surface area contributed by atoms with Gasteiger partial charge in [0.25, 0.3) is 0 Å². The van der Waals surface area contributed by atoms with Crippen LogP contribution in [0.25, 0.3) is 0 Å². The molecule has 0 bridgehead atoms. The van der Waals surface area contributed by atoms with Gasteiger partial charge in [-0.25, -0.2) is 0 Å². The Bertz CT molecular complexity index is 564. The maximum atomic E-state index is 4.33. The van der Waals surface area contributed by atoms with E-state index in [-0.39, 0.29) is 0 Å². The first-order chi connectivity index (χ1) is 8.33. The summed E-state index contributed by atoms with van der Waals surface area (Å²) in [4.78, 5) is 5.52. The zero-order chi connectivity index (χ0) is 11.7. The van der Waals surface area contributed by atoms with E-state index in [0.29, 0.717) is 6.67 Å². The van der Waals surface area contributed by atoms with E-state index in [9.17, 15) is 0 Å². The van der Waals surface area contributed by atoms with Gasteiger partial charge in [-0.3, -0.25) is 15.4 Å². The van der Waals surface area contributed by atoms with Gasteiger partial charge in [-0.05, 0) is 29.6 Å². The fourth-order valence-corrected chi connectivity index (χ4v) is 2.90. The maximum Gasteiger partial charge on any atom is 0.129 e. The van der Waals surface area contributed by atoms with Gasteiger partial charge in [0.1, 0.15) is 6.67 Å². The van der Waals surface area contributed by atoms with Crippen LogP contribution in [-0.2, 0) is 0 Å². The van der Waals surface area contributed by atoms with Crippen molar-refractivity contribution in [3.8, 4) is 0 Å². The summed E-state index contributed by atoms with van der Waals surface area (Å²) < 4.78 is 1.06. The van der Waals surface area contributed by atoms with Crippen LogP contribution in [-0.4, -0.2) is 12.9 Å². The van der Waals surface area contributed by atoms with Crippen LogP contribution in [0.4, 0.5) is 11.4 Å². The van der Waals surface area contributed by atoms with E-state index in [0.717, 1.165) is 10.2 Å². The number of rotatable bonds is 2. The molecule has 1 aliphatic rings. The van der Waals surface area contributed by atoms with Crippen LogP contribution in [0.1, 0.15) is 4.88 Å². The number of thiophene rings is 1. The molecule has 0 fully saturated rings. The Kier molecular flexibility index (Phi) is 2.86. The highest BCUT2D eigenvalue weighted by molar-refractivity contribution is 9.10. The molecule has 1 aromatic carbocycles. The zero-order valence-electron chi connectivity index (χ0n) is 8.93. The van der Waals surface area contributed by atoms with Crippen LogP contribution in [0.5, 0.6) is 0 Å². The number of hydrogen-bond acceptors (Lipinski definition) is 4. The fraction of sp³-hybridized carbons (Fsp3) is 0.0833. The Hall–Kier alpha value is -1.33. The predicted octanol–water partition coefficient (Wildman–Crippen LogP) is 3.73. The molecule has 0 radical (unpaired) electrons. The van der Waals surface area contributed by atoms with Crippen molar-refractivity contribution < 1.29 is 0 Å². The van der Waals surface area contributed by atoms with Crippen molar-refractivity contribution in [2.45, 2.75) is 0 Å². The molecular weight excluding hydrogens is 298 g/mol. The molecule has 86 valence electrons. The van der Waals surface area contributed by atoms with E-state index < -0.39 is 0 Å². The summed E-state index contributed by atoms with van der Waals surface area (Å²) in [6.07, 6.45) is 1.93. The highest BCUT2D eigenvalue weighted by atomic mass is 79.9. The van der Waals surface area contributed by atoms with Gasteiger partial charge in [0, 0.05) is 10.7 Å². The molecule has 0 amide bonds. The summed E-state index contributed by atoms with van der Waals surface area (Å²) in [7, 11) is 0. The lowest BCUT2D eigenvalue weighted by molar-refractivity contribution is 0.912. The quantitative estimate of drug-likeness (QED) is 0.915. The van der Waals surface area contributed by atoms with Crippen LogP contribution < -0.4 is 10.4 Å². The normalized spacial score (nSPS) is 13.6. The Morgan fingerprint density at radius 3 is 3.18 bits per heavy atom. The second-order valence-corrected chi connectivity index (χ2v) is 5.54. The van der Waals surface area contributed by atoms with Gasteiger partial charge in [-0.2, -0.15) is 0 Å². The molecule has 17 heavy (non-hydrogen) atoms. The predicted molar refractivity (Wildman–Crippen MR) is 77.0 cm³/mol. The molecule has 1 aliphatic heterocycles. The minimum Gasteiger partial charge on any atom is -0.297 e. The first-order valence-electron chi connectivity index (χ1n) is 5.20. The first-order valence-corrected chi connectivity index (χ1v) is 6.87. The largest absolute Gasteiger partial charge is 0.297 e. The standard InChI is InChI=1S/C12H10BrN3S/c13-9-2-1-3-10(6-9)15-16-8-14-7-12-11(16)4-5-17-12/h1-7,15H,8H2. The summed E-state index contributed by atoms with van der Waals surface area (Å²) in [6, 6.07) is 10.2. The lowest BCUT2D eigenvalue weighted by atomic mass is 10.3. The van der Waals surface area contributed by atoms with Crippen molar-refractivity contribution in [3.63, 3.8) is 0 Å². The number of aliphatic imine (C=N–C) groups is 1. The van der Waals surface area contributed by atoms with Crippen LogP contribution in [0.15, 0.2) is 45.2 Å². The molecule has 2 heterocycles. The summed E-state index contributed by atoms with van der Waals surface area (Å²) in [5.41, 5.74) is 5.60. The molecule has 0 spiro atoms. The number of fused-ring (bicyclic) bond motifs is 1. The number of benzene rings is 1. The summed E-state index contributed by atoms with van der Waals surface area (Å²) in [6.45, 7) is 0.635. The molecule has 0 atom stereocenters. The molecule has 3 nitrogen and oxygen atoms in total. The third-order valence-corrected chi connectivity index (χ3v) is 3.82. The van der Waals surface area contributed by atoms with Crippen LogP contribution >= 0.6 is 27.3 Å². The molecule has 0 aliphatic carbocycles. The molecule has 1 aromatic heterocycles. The average Bonchev–Trinajstić information content (AvgIpc) is 2.78. The number of hydrogen-bond donors (Lipinski definition) is 1. The maximum absolute atomic E-state index is 4.33. The smallest absolute Gasteiger partial charge is 0.129 e. The number of anilines is 2. The van der Waals surface area contributed by atoms with Crippen molar-refractivity contribution in [2.24, 2.45) is 4.99 Å². The Balaban J connectivity index is 1.86. The minimum absolute atomic E-state index is 0.635. The summed E-state index contributed by atoms with van der Waals surface area (Å²) in [5.74, 6) is 0. The SMILES string of the molecule is Brc1cccc(NN2CN=Cc3sccc32)c1. The van der Waals surface area contributed by atoms with Gasteiger partial charge < -0.3 is 0 Å². The van der Waals surface area contributed by atoms with Gasteiger partial charge in [0.2, 0.25) is 0 Å². The van der Waals surface area contributed by atoms with Crippen molar-refractivity contribution >= 4 is 44.9 Å². The highest BCUT2D eigenvalue weighted by Crippen LogP contribution is 2.28. The van der Waals surface area contributed by atoms with E-state index in [2.05, 4.69) is 37.8 Å². The van der Waals surface area contributed by atoms with Crippen LogP contribution in [0.2, 0.25) is 0 Å². The van der Waals surface area contributed by atoms with Crippen LogP contribution in [0, 0.1) is 0 Å². The third kappa shape index (κ3) is 2.21. The average molecular weight is 308 g/mol. The molecular formula is C12H10BrN3S. The van der Waals surface area contributed by atoms with E-state index in [4.69, 9.17) is 0 Å². The lowest BCUT2D eigenvalue weighted by Crippen LogP contribution is -2.32. The molecule has 1 N–H and O–H groups in total. The topological polar surface area (TPSA) is 27.6 Å². The minimum atomic E-state index is 0.635. The van der Waals surface area contributed by atoms with Crippen molar-refractivity contribution in [1.82, 2.24) is 0 Å². The number of hydrazine groups is 1. The van der Waals surface area contributed by atoms with Crippen molar-refractivity contribution in [1.29, 1.82) is 0 Å². The lowest BCUT2D eigenvalue weighted by Gasteiger charge is -2.26. The Morgan fingerprint density at radius 1 is 1.35 bits per heavy atom. The fourth-order valence-electron chi connectivity index (χ4n) is 1.72. The summed E-state index contributed by atoms with van der Waals surface area (Å²) >= 11 is 5.17. The molecule has 0 saturated carbocycles. The molecule has 0 saturated heterocycles. The Morgan fingerprint density at radius 2 is 2.29 bits per heavy atom. The van der Waals surface area contributed by atoms with Gasteiger partial charge in [-0.1, -0.05) is 22.0 Å². The number of nitrogens with zero attached hydrogens (tertiary/aromatic N) is 2. The molecule has 0 unspecified atom stereocenters. The highest BCUT2D eigenvalue weighted by Gasteiger charge is 2.14. The Labute approximate surface area is 112 Å². The summed E-state index contributed by atoms with van der Waals surface area (Å²) in [5, 5.41) is 4.13. The molecule has 3 rings (SSSR count). The van der Waals surface area contributed by atoms with Gasteiger partial charge in [0.15, 0.2) is 0 Å². The van der Waals surface area contributed by atoms with E-state index >= 15 is 0 Å². The third-order valence-electron chi connectivity index (χ3n) is 2.48. The number of halogens is 1. The second kappa shape index (κ2) is 4.50. The van der Waals surface area contributed by atoms with E-state index in [1.54, 1.807) is 11.3 Å². The van der Waals surface area contributed by atoms with Gasteiger partial charge in [0.05, 0.1) is 16.3 Å². The van der Waals surface area contributed by atoms with Crippen molar-refractivity contribution in [3.05, 3.63) is 45.1 Å². The molecule has 5 heteroatoms. The zero-order valence-corrected chi connectivity index (χ0v) is 11.3. The van der Waals surface area contributed by atoms with Crippen molar-refractivity contribution in [2.75, 3.05) is 17.1 Å². The second-order valence-electron chi connectivity index (χ2n) is 3.67. The first kappa shape index (κ1) is 10.8. The van der Waals surface area contributed by atoms with E-state index in [1.165, 1.54) is 10.6 Å². The van der Waals surface area contributed by atoms with Crippen LogP contribution in [0.3, 0.4) is 0 Å². The van der Waals surface area contributed by atoms with Gasteiger partial charge >= 0.3 is 0 Å². The van der Waals surface area contributed by atoms with Gasteiger partial charge in [-0.15, -0.1) is 11.3 Å².